The minimum Gasteiger partial charge on any atom is -0.493 e. The zero-order valence-electron chi connectivity index (χ0n) is 16.8. The largest absolute Gasteiger partial charge is 0.493 e. The van der Waals surface area contributed by atoms with Crippen molar-refractivity contribution in [3.63, 3.8) is 0 Å². The Balaban J connectivity index is 1.97. The summed E-state index contributed by atoms with van der Waals surface area (Å²) < 4.78 is 8.03. The van der Waals surface area contributed by atoms with E-state index in [1.165, 1.54) is 32.1 Å². The second-order valence-corrected chi connectivity index (χ2v) is 7.32. The molecule has 0 saturated heterocycles. The molecule has 0 atom stereocenters. The van der Waals surface area contributed by atoms with Gasteiger partial charge in [0.15, 0.2) is 0 Å². The summed E-state index contributed by atoms with van der Waals surface area (Å²) in [5.74, 6) is 2.27. The number of hydrogen-bond acceptors (Lipinski definition) is 3. The van der Waals surface area contributed by atoms with E-state index in [9.17, 15) is 4.79 Å². The third kappa shape index (κ3) is 4.34. The van der Waals surface area contributed by atoms with Crippen LogP contribution >= 0.6 is 0 Å². The Labute approximate surface area is 162 Å². The third-order valence-electron chi connectivity index (χ3n) is 5.58. The molecule has 1 aromatic carbocycles. The fourth-order valence-corrected chi connectivity index (χ4v) is 4.07. The minimum atomic E-state index is -0.140. The Morgan fingerprint density at radius 1 is 1.26 bits per heavy atom. The van der Waals surface area contributed by atoms with Crippen LogP contribution in [0.4, 0.5) is 0 Å². The van der Waals surface area contributed by atoms with Crippen molar-refractivity contribution < 1.29 is 9.53 Å². The van der Waals surface area contributed by atoms with Gasteiger partial charge in [0.1, 0.15) is 17.3 Å². The van der Waals surface area contributed by atoms with E-state index in [0.29, 0.717) is 12.3 Å². The summed E-state index contributed by atoms with van der Waals surface area (Å²) in [6.45, 7) is 5.45. The maximum Gasteiger partial charge on any atom is 0.271 e. The van der Waals surface area contributed by atoms with E-state index in [0.717, 1.165) is 41.7 Å². The summed E-state index contributed by atoms with van der Waals surface area (Å²) in [5.41, 5.74) is 2.37. The van der Waals surface area contributed by atoms with Gasteiger partial charge in [0.25, 0.3) is 5.91 Å². The Hall–Kier alpha value is -2.30. The molecule has 3 rings (SSSR count). The van der Waals surface area contributed by atoms with Crippen LogP contribution in [-0.2, 0) is 6.54 Å². The number of para-hydroxylation sites is 1. The van der Waals surface area contributed by atoms with E-state index in [4.69, 9.17) is 9.72 Å². The van der Waals surface area contributed by atoms with Crippen LogP contribution in [0.25, 0.3) is 11.4 Å². The van der Waals surface area contributed by atoms with Gasteiger partial charge in [-0.1, -0.05) is 44.2 Å². The van der Waals surface area contributed by atoms with Gasteiger partial charge >= 0.3 is 0 Å². The molecule has 0 bridgehead atoms. The van der Waals surface area contributed by atoms with E-state index in [1.54, 1.807) is 7.05 Å². The van der Waals surface area contributed by atoms with Crippen LogP contribution in [0.2, 0.25) is 0 Å². The number of carbonyl (C=O) groups excluding carboxylic acids is 1. The molecule has 1 aliphatic rings. The van der Waals surface area contributed by atoms with Crippen LogP contribution < -0.4 is 10.1 Å². The molecule has 1 fully saturated rings. The van der Waals surface area contributed by atoms with Gasteiger partial charge in [0, 0.05) is 19.3 Å². The first-order chi connectivity index (χ1) is 13.2. The van der Waals surface area contributed by atoms with Crippen molar-refractivity contribution in [2.45, 2.75) is 58.9 Å². The lowest BCUT2D eigenvalue weighted by Crippen LogP contribution is -2.19. The van der Waals surface area contributed by atoms with Crippen LogP contribution in [0, 0.1) is 12.8 Å². The normalized spacial score (nSPS) is 14.9. The number of imidazole rings is 1. The molecule has 0 spiro atoms. The highest BCUT2D eigenvalue weighted by atomic mass is 16.5. The fourth-order valence-electron chi connectivity index (χ4n) is 4.07. The molecule has 0 aliphatic heterocycles. The molecule has 1 amide bonds. The molecule has 1 aliphatic carbocycles. The molecule has 0 radical (unpaired) electrons. The van der Waals surface area contributed by atoms with Crippen molar-refractivity contribution in [3.8, 4) is 17.1 Å². The number of hydrogen-bond donors (Lipinski definition) is 1. The molecule has 5 heteroatoms. The second kappa shape index (κ2) is 9.07. The number of benzene rings is 1. The highest BCUT2D eigenvalue weighted by Gasteiger charge is 2.23. The van der Waals surface area contributed by atoms with Gasteiger partial charge in [0.2, 0.25) is 0 Å². The van der Waals surface area contributed by atoms with Crippen molar-refractivity contribution in [2.24, 2.45) is 5.92 Å². The Morgan fingerprint density at radius 2 is 2.00 bits per heavy atom. The van der Waals surface area contributed by atoms with Crippen LogP contribution in [0.15, 0.2) is 24.3 Å². The molecule has 146 valence electrons. The lowest BCUT2D eigenvalue weighted by Gasteiger charge is -2.22. The smallest absolute Gasteiger partial charge is 0.271 e. The van der Waals surface area contributed by atoms with E-state index in [2.05, 4.69) is 9.88 Å². The van der Waals surface area contributed by atoms with Crippen molar-refractivity contribution in [1.29, 1.82) is 0 Å². The van der Waals surface area contributed by atoms with Gasteiger partial charge in [-0.25, -0.2) is 4.98 Å². The quantitative estimate of drug-likeness (QED) is 0.777. The van der Waals surface area contributed by atoms with Crippen LogP contribution in [-0.4, -0.2) is 29.1 Å². The molecule has 0 unspecified atom stereocenters. The molecule has 1 aromatic heterocycles. The molecule has 2 aromatic rings. The first-order valence-electron chi connectivity index (χ1n) is 10.2. The third-order valence-corrected chi connectivity index (χ3v) is 5.58. The molecule has 1 heterocycles. The monoisotopic (exact) mass is 369 g/mol. The number of rotatable bonds is 7. The summed E-state index contributed by atoms with van der Waals surface area (Å²) in [7, 11) is 1.65. The van der Waals surface area contributed by atoms with Crippen LogP contribution in [0.1, 0.15) is 61.6 Å². The van der Waals surface area contributed by atoms with Gasteiger partial charge in [-0.3, -0.25) is 4.79 Å². The van der Waals surface area contributed by atoms with Gasteiger partial charge in [-0.2, -0.15) is 0 Å². The van der Waals surface area contributed by atoms with Crippen molar-refractivity contribution >= 4 is 5.91 Å². The predicted molar refractivity (Wildman–Crippen MR) is 108 cm³/mol. The molecule has 1 saturated carbocycles. The van der Waals surface area contributed by atoms with Crippen molar-refractivity contribution in [1.82, 2.24) is 14.9 Å². The number of nitrogens with one attached hydrogen (secondary N) is 1. The van der Waals surface area contributed by atoms with Gasteiger partial charge < -0.3 is 14.6 Å². The van der Waals surface area contributed by atoms with Gasteiger partial charge in [0.05, 0.1) is 12.2 Å². The zero-order valence-corrected chi connectivity index (χ0v) is 16.8. The topological polar surface area (TPSA) is 56.1 Å². The standard InChI is InChI=1S/C22H31N3O2/c1-4-27-19-13-9-8-12-18(19)21-24-20(22(26)23-3)16(2)25(21)15-14-17-10-6-5-7-11-17/h8-9,12-13,17H,4-7,10-11,14-15H2,1-3H3,(H,23,26). The summed E-state index contributed by atoms with van der Waals surface area (Å²) in [6.07, 6.45) is 7.83. The predicted octanol–water partition coefficient (Wildman–Crippen LogP) is 4.59. The maximum atomic E-state index is 12.3. The second-order valence-electron chi connectivity index (χ2n) is 7.32. The molecule has 5 nitrogen and oxygen atoms in total. The first-order valence-corrected chi connectivity index (χ1v) is 10.2. The summed E-state index contributed by atoms with van der Waals surface area (Å²) in [6, 6.07) is 7.95. The Morgan fingerprint density at radius 3 is 2.70 bits per heavy atom. The van der Waals surface area contributed by atoms with Crippen LogP contribution in [0.3, 0.4) is 0 Å². The van der Waals surface area contributed by atoms with Crippen molar-refractivity contribution in [3.05, 3.63) is 35.7 Å². The summed E-state index contributed by atoms with van der Waals surface area (Å²) >= 11 is 0. The average molecular weight is 370 g/mol. The van der Waals surface area contributed by atoms with Crippen molar-refractivity contribution in [2.75, 3.05) is 13.7 Å². The first kappa shape index (κ1) is 19.5. The summed E-state index contributed by atoms with van der Waals surface area (Å²) in [4.78, 5) is 17.1. The number of nitrogens with zero attached hydrogens (tertiary/aromatic N) is 2. The fraction of sp³-hybridized carbons (Fsp3) is 0.545. The SMILES string of the molecule is CCOc1ccccc1-c1nc(C(=O)NC)c(C)n1CCC1CCCCC1. The number of amides is 1. The van der Waals surface area contributed by atoms with E-state index >= 15 is 0 Å². The lowest BCUT2D eigenvalue weighted by molar-refractivity contribution is 0.0958. The van der Waals surface area contributed by atoms with E-state index in [1.807, 2.05) is 38.1 Å². The van der Waals surface area contributed by atoms with Crippen LogP contribution in [0.5, 0.6) is 5.75 Å². The van der Waals surface area contributed by atoms with Gasteiger partial charge in [-0.15, -0.1) is 0 Å². The number of aromatic nitrogens is 2. The highest BCUT2D eigenvalue weighted by Crippen LogP contribution is 2.33. The number of ether oxygens (including phenoxy) is 1. The lowest BCUT2D eigenvalue weighted by atomic mass is 9.87. The zero-order chi connectivity index (χ0) is 19.2. The molecular weight excluding hydrogens is 338 g/mol. The van der Waals surface area contributed by atoms with Gasteiger partial charge in [-0.05, 0) is 38.3 Å². The summed E-state index contributed by atoms with van der Waals surface area (Å²) in [5, 5.41) is 2.71. The highest BCUT2D eigenvalue weighted by molar-refractivity contribution is 5.94. The van der Waals surface area contributed by atoms with E-state index < -0.39 is 0 Å². The Kier molecular flexibility index (Phi) is 6.54. The molecule has 27 heavy (non-hydrogen) atoms. The average Bonchev–Trinajstić information content (AvgIpc) is 3.03. The number of carbonyl (C=O) groups is 1. The maximum absolute atomic E-state index is 12.3. The minimum absolute atomic E-state index is 0.140. The molecular formula is C22H31N3O2. The van der Waals surface area contributed by atoms with E-state index in [-0.39, 0.29) is 5.91 Å². The molecule has 1 N–H and O–H groups in total. The Bertz CT molecular complexity index is 776.